The number of hydrogen-bond donors (Lipinski definition) is 1. The van der Waals surface area contributed by atoms with Crippen LogP contribution in [-0.2, 0) is 47.5 Å². The second kappa shape index (κ2) is 14.5. The number of nitrogens with one attached hydrogen (secondary N) is 1. The molecule has 0 aliphatic carbocycles. The smallest absolute Gasteiger partial charge is 0.408 e. The largest absolute Gasteiger partial charge is 0.459 e. The number of esters is 1. The number of alkyl carbamates (subject to hydrolysis) is 1. The van der Waals surface area contributed by atoms with Crippen molar-refractivity contribution in [2.45, 2.75) is 45.4 Å². The molecule has 0 fully saturated rings. The van der Waals surface area contributed by atoms with Crippen LogP contribution in [0.3, 0.4) is 0 Å². The lowest BCUT2D eigenvalue weighted by atomic mass is 10.1. The number of carbonyl (C=O) groups excluding carboxylic acids is 2. The van der Waals surface area contributed by atoms with Crippen molar-refractivity contribution in [1.29, 1.82) is 0 Å². The molecule has 0 aliphatic rings. The average Bonchev–Trinajstić information content (AvgIpc) is 2.94. The van der Waals surface area contributed by atoms with Crippen molar-refractivity contribution >= 4 is 19.7 Å². The van der Waals surface area contributed by atoms with Crippen molar-refractivity contribution in [3.8, 4) is 0 Å². The molecule has 3 aromatic carbocycles. The summed E-state index contributed by atoms with van der Waals surface area (Å²) in [5.74, 6) is -2.18. The molecule has 38 heavy (non-hydrogen) atoms. The van der Waals surface area contributed by atoms with Gasteiger partial charge in [-0.15, -0.1) is 0 Å². The summed E-state index contributed by atoms with van der Waals surface area (Å²) in [5.41, 5.74) is 2.40. The lowest BCUT2D eigenvalue weighted by Gasteiger charge is -2.30. The van der Waals surface area contributed by atoms with E-state index in [1.54, 1.807) is 13.8 Å². The van der Waals surface area contributed by atoms with E-state index in [4.69, 9.17) is 18.5 Å². The molecule has 8 nitrogen and oxygen atoms in total. The molecule has 0 aromatic heterocycles. The van der Waals surface area contributed by atoms with Gasteiger partial charge in [-0.25, -0.2) is 9.59 Å². The Balaban J connectivity index is 1.76. The molecule has 0 heterocycles. The lowest BCUT2D eigenvalue weighted by molar-refractivity contribution is -0.156. The number of benzene rings is 3. The number of carbonyl (C=O) groups is 2. The van der Waals surface area contributed by atoms with Gasteiger partial charge >= 0.3 is 19.7 Å². The third-order valence-electron chi connectivity index (χ3n) is 5.73. The molecule has 3 aromatic rings. The SMILES string of the molecule is COP(=O)(O[C@H](C(=O)OCc1ccccc1)C(C)C)[C@H](Cc1ccccc1)NC(=O)OCc1ccccc1. The Morgan fingerprint density at radius 3 is 1.71 bits per heavy atom. The van der Waals surface area contributed by atoms with Crippen LogP contribution in [0.2, 0.25) is 0 Å². The highest BCUT2D eigenvalue weighted by Crippen LogP contribution is 2.54. The molecule has 0 aliphatic heterocycles. The van der Waals surface area contributed by atoms with Crippen LogP contribution in [-0.4, -0.2) is 31.1 Å². The van der Waals surface area contributed by atoms with Crippen molar-refractivity contribution in [3.63, 3.8) is 0 Å². The minimum Gasteiger partial charge on any atom is -0.459 e. The Morgan fingerprint density at radius 1 is 0.763 bits per heavy atom. The van der Waals surface area contributed by atoms with Crippen molar-refractivity contribution in [1.82, 2.24) is 5.32 Å². The summed E-state index contributed by atoms with van der Waals surface area (Å²) >= 11 is 0. The second-order valence-electron chi connectivity index (χ2n) is 9.00. The maximum Gasteiger partial charge on any atom is 0.408 e. The third kappa shape index (κ3) is 8.84. The van der Waals surface area contributed by atoms with Gasteiger partial charge in [0.1, 0.15) is 19.0 Å². The number of amides is 1. The van der Waals surface area contributed by atoms with Crippen molar-refractivity contribution in [2.75, 3.05) is 7.11 Å². The maximum absolute atomic E-state index is 14.1. The van der Waals surface area contributed by atoms with Crippen molar-refractivity contribution in [2.24, 2.45) is 5.92 Å². The molecule has 3 rings (SSSR count). The number of rotatable bonds is 13. The number of hydrogen-bond acceptors (Lipinski definition) is 7. The van der Waals surface area contributed by atoms with E-state index in [-0.39, 0.29) is 25.6 Å². The molecule has 0 saturated carbocycles. The van der Waals surface area contributed by atoms with Gasteiger partial charge in [-0.05, 0) is 22.6 Å². The van der Waals surface area contributed by atoms with Crippen LogP contribution in [0.1, 0.15) is 30.5 Å². The van der Waals surface area contributed by atoms with Crippen molar-refractivity contribution < 1.29 is 32.7 Å². The van der Waals surface area contributed by atoms with Crippen LogP contribution >= 0.6 is 7.60 Å². The highest BCUT2D eigenvalue weighted by molar-refractivity contribution is 7.54. The zero-order valence-corrected chi connectivity index (χ0v) is 22.7. The number of ether oxygens (including phenoxy) is 2. The summed E-state index contributed by atoms with van der Waals surface area (Å²) in [4.78, 5) is 25.7. The fourth-order valence-electron chi connectivity index (χ4n) is 3.63. The lowest BCUT2D eigenvalue weighted by Crippen LogP contribution is -2.40. The third-order valence-corrected chi connectivity index (χ3v) is 7.83. The monoisotopic (exact) mass is 539 g/mol. The second-order valence-corrected chi connectivity index (χ2v) is 11.3. The predicted octanol–water partition coefficient (Wildman–Crippen LogP) is 6.11. The molecular weight excluding hydrogens is 505 g/mol. The van der Waals surface area contributed by atoms with Crippen LogP contribution in [0.4, 0.5) is 4.79 Å². The molecule has 1 amide bonds. The summed E-state index contributed by atoms with van der Waals surface area (Å²) in [7, 11) is -2.87. The van der Waals surface area contributed by atoms with E-state index in [0.717, 1.165) is 16.7 Å². The molecule has 1 N–H and O–H groups in total. The van der Waals surface area contributed by atoms with E-state index >= 15 is 0 Å². The van der Waals surface area contributed by atoms with E-state index in [1.807, 2.05) is 91.0 Å². The standard InChI is InChI=1S/C29H34NO7P/c1-22(2)27(28(31)35-20-24-15-9-5-10-16-24)37-38(33,34-3)26(19-23-13-7-4-8-14-23)30-29(32)36-21-25-17-11-6-12-18-25/h4-18,22,26-27H,19-21H2,1-3H3,(H,30,32)/t26-,27+,38?/m1/s1. The van der Waals surface area contributed by atoms with Gasteiger partial charge in [0.2, 0.25) is 0 Å². The van der Waals surface area contributed by atoms with Gasteiger partial charge in [-0.1, -0.05) is 105 Å². The highest BCUT2D eigenvalue weighted by atomic mass is 31.2. The van der Waals surface area contributed by atoms with Crippen LogP contribution in [0.5, 0.6) is 0 Å². The Morgan fingerprint density at radius 2 is 1.24 bits per heavy atom. The van der Waals surface area contributed by atoms with E-state index < -0.39 is 31.5 Å². The van der Waals surface area contributed by atoms with E-state index in [2.05, 4.69) is 5.32 Å². The first-order chi connectivity index (χ1) is 18.3. The zero-order valence-electron chi connectivity index (χ0n) is 21.8. The molecule has 0 spiro atoms. The molecule has 0 bridgehead atoms. The summed E-state index contributed by atoms with van der Waals surface area (Å²) in [6, 6.07) is 27.6. The normalized spacial score (nSPS) is 14.2. The van der Waals surface area contributed by atoms with Crippen LogP contribution in [0.25, 0.3) is 0 Å². The minimum atomic E-state index is -4.10. The summed E-state index contributed by atoms with van der Waals surface area (Å²) in [6.45, 7) is 3.58. The quantitative estimate of drug-likeness (QED) is 0.207. The predicted molar refractivity (Wildman–Crippen MR) is 144 cm³/mol. The fraction of sp³-hybridized carbons (Fsp3) is 0.310. The zero-order chi connectivity index (χ0) is 27.4. The molecule has 0 radical (unpaired) electrons. The Bertz CT molecular complexity index is 1190. The van der Waals surface area contributed by atoms with E-state index in [9.17, 15) is 14.2 Å². The topological polar surface area (TPSA) is 100 Å². The van der Waals surface area contributed by atoms with Gasteiger partial charge in [-0.2, -0.15) is 0 Å². The first-order valence-electron chi connectivity index (χ1n) is 12.4. The van der Waals surface area contributed by atoms with Gasteiger partial charge in [-0.3, -0.25) is 9.09 Å². The van der Waals surface area contributed by atoms with E-state index in [0.29, 0.717) is 0 Å². The molecule has 0 saturated heterocycles. The Hall–Kier alpha value is -3.45. The maximum atomic E-state index is 14.1. The van der Waals surface area contributed by atoms with Crippen LogP contribution < -0.4 is 5.32 Å². The minimum absolute atomic E-state index is 0.0311. The van der Waals surface area contributed by atoms with Gasteiger partial charge in [0.15, 0.2) is 6.10 Å². The van der Waals surface area contributed by atoms with Gasteiger partial charge in [0, 0.05) is 13.5 Å². The summed E-state index contributed by atoms with van der Waals surface area (Å²) in [6.07, 6.45) is -1.86. The molecule has 1 unspecified atom stereocenters. The van der Waals surface area contributed by atoms with Crippen LogP contribution in [0.15, 0.2) is 91.0 Å². The van der Waals surface area contributed by atoms with Gasteiger partial charge in [0.25, 0.3) is 0 Å². The Labute approximate surface area is 223 Å². The summed E-state index contributed by atoms with van der Waals surface area (Å²) in [5, 5.41) is 2.64. The first-order valence-corrected chi connectivity index (χ1v) is 14.0. The molecule has 202 valence electrons. The Kier molecular flexibility index (Phi) is 11.1. The first kappa shape index (κ1) is 29.1. The van der Waals surface area contributed by atoms with Crippen molar-refractivity contribution in [3.05, 3.63) is 108 Å². The van der Waals surface area contributed by atoms with Gasteiger partial charge in [0.05, 0.1) is 0 Å². The van der Waals surface area contributed by atoms with Gasteiger partial charge < -0.3 is 19.3 Å². The molecule has 9 heteroatoms. The molecule has 3 atom stereocenters. The van der Waals surface area contributed by atoms with Crippen LogP contribution in [0, 0.1) is 5.92 Å². The molecular formula is C29H34NO7P. The van der Waals surface area contributed by atoms with E-state index in [1.165, 1.54) is 7.11 Å². The summed E-state index contributed by atoms with van der Waals surface area (Å²) < 4.78 is 36.1. The average molecular weight is 540 g/mol. The highest BCUT2D eigenvalue weighted by Gasteiger charge is 2.42. The fourth-order valence-corrected chi connectivity index (χ4v) is 5.46.